The van der Waals surface area contributed by atoms with Gasteiger partial charge in [0, 0.05) is 6.42 Å². The summed E-state index contributed by atoms with van der Waals surface area (Å²) in [7, 11) is 0. The van der Waals surface area contributed by atoms with E-state index in [1.165, 1.54) is 116 Å². The van der Waals surface area contributed by atoms with Gasteiger partial charge in [-0.25, -0.2) is 9.13 Å². The van der Waals surface area contributed by atoms with Gasteiger partial charge in [-0.3, -0.25) is 0 Å². The molecule has 2 heteroatoms. The maximum atomic E-state index is 2.55. The lowest BCUT2D eigenvalue weighted by molar-refractivity contribution is -0.704. The fraction of sp³-hybridized carbons (Fsp3) is 0.875. The zero-order chi connectivity index (χ0) is 18.9. The molecule has 152 valence electrons. The van der Waals surface area contributed by atoms with Gasteiger partial charge in [-0.2, -0.15) is 0 Å². The Bertz CT molecular complexity index is 422. The lowest BCUT2D eigenvalue weighted by Gasteiger charge is -2.06. The first kappa shape index (κ1) is 23.2. The highest BCUT2D eigenvalue weighted by molar-refractivity contribution is 4.84. The zero-order valence-corrected chi connectivity index (χ0v) is 18.3. The summed E-state index contributed by atoms with van der Waals surface area (Å²) in [6, 6.07) is 0. The van der Waals surface area contributed by atoms with Crippen LogP contribution in [0.4, 0.5) is 0 Å². The summed E-state index contributed by atoms with van der Waals surface area (Å²) in [5.41, 5.74) is 0. The first-order valence-corrected chi connectivity index (χ1v) is 11.9. The van der Waals surface area contributed by atoms with Crippen LogP contribution in [0.1, 0.15) is 123 Å². The summed E-state index contributed by atoms with van der Waals surface area (Å²) in [6.07, 6.45) is 26.8. The molecule has 1 heterocycles. The van der Waals surface area contributed by atoms with Crippen molar-refractivity contribution in [2.75, 3.05) is 0 Å². The summed E-state index contributed by atoms with van der Waals surface area (Å²) in [5.74, 6) is 1.57. The van der Waals surface area contributed by atoms with Gasteiger partial charge in [-0.1, -0.05) is 91.4 Å². The topological polar surface area (TPSA) is 8.81 Å². The molecule has 0 aromatic carbocycles. The van der Waals surface area contributed by atoms with Gasteiger partial charge in [0.1, 0.15) is 12.4 Å². The lowest BCUT2D eigenvalue weighted by Crippen LogP contribution is -2.37. The van der Waals surface area contributed by atoms with Gasteiger partial charge in [0.15, 0.2) is 0 Å². The van der Waals surface area contributed by atoms with E-state index in [9.17, 15) is 0 Å². The van der Waals surface area contributed by atoms with Crippen LogP contribution in [0.25, 0.3) is 0 Å². The number of hydrogen-bond donors (Lipinski definition) is 0. The number of hydrogen-bond acceptors (Lipinski definition) is 0. The highest BCUT2D eigenvalue weighted by Gasteiger charge is 2.15. The molecule has 0 amide bonds. The molecule has 0 bridgehead atoms. The van der Waals surface area contributed by atoms with Crippen LogP contribution in [0.2, 0.25) is 0 Å². The van der Waals surface area contributed by atoms with E-state index in [0.717, 1.165) is 0 Å². The molecule has 26 heavy (non-hydrogen) atoms. The number of aryl methyl sites for hydroxylation is 2. The minimum Gasteiger partial charge on any atom is -0.234 e. The van der Waals surface area contributed by atoms with Crippen molar-refractivity contribution in [1.82, 2.24) is 4.57 Å². The van der Waals surface area contributed by atoms with Crippen molar-refractivity contribution in [2.45, 2.75) is 137 Å². The zero-order valence-electron chi connectivity index (χ0n) is 18.3. The fourth-order valence-corrected chi connectivity index (χ4v) is 3.91. The number of aromatic nitrogens is 2. The number of nitrogens with zero attached hydrogens (tertiary/aromatic N) is 2. The molecule has 1 rings (SSSR count). The summed E-state index contributed by atoms with van der Waals surface area (Å²) in [6.45, 7) is 9.27. The number of rotatable bonds is 18. The van der Waals surface area contributed by atoms with Gasteiger partial charge in [0.25, 0.3) is 5.82 Å². The highest BCUT2D eigenvalue weighted by atomic mass is 15.1. The van der Waals surface area contributed by atoms with Crippen LogP contribution < -0.4 is 4.57 Å². The van der Waals surface area contributed by atoms with E-state index in [1.807, 2.05) is 0 Å². The van der Waals surface area contributed by atoms with Crippen LogP contribution in [-0.4, -0.2) is 4.57 Å². The van der Waals surface area contributed by atoms with Crippen LogP contribution in [0.15, 0.2) is 12.4 Å². The Morgan fingerprint density at radius 1 is 0.654 bits per heavy atom. The van der Waals surface area contributed by atoms with Crippen LogP contribution >= 0.6 is 0 Å². The SMILES string of the molecule is CCCCCCCCCCCc1n(CCC)cc[n+]1CCCCCCC. The van der Waals surface area contributed by atoms with Gasteiger partial charge in [0.05, 0.1) is 13.1 Å². The molecule has 0 saturated heterocycles. The second-order valence-electron chi connectivity index (χ2n) is 8.09. The maximum absolute atomic E-state index is 2.55. The van der Waals surface area contributed by atoms with Crippen molar-refractivity contribution in [1.29, 1.82) is 0 Å². The van der Waals surface area contributed by atoms with Crippen LogP contribution in [0.5, 0.6) is 0 Å². The molecule has 1 aromatic rings. The Hall–Kier alpha value is -0.790. The standard InChI is InChI=1S/C24H47N2/c1-4-7-9-11-12-13-14-15-17-19-24-25(20-6-3)22-23-26(24)21-18-16-10-8-5-2/h22-23H,4-21H2,1-3H3/q+1. The average molecular weight is 364 g/mol. The third-order valence-electron chi connectivity index (χ3n) is 5.56. The van der Waals surface area contributed by atoms with E-state index in [1.54, 1.807) is 5.82 Å². The number of imidazole rings is 1. The summed E-state index contributed by atoms with van der Waals surface area (Å²) in [4.78, 5) is 0. The average Bonchev–Trinajstić information content (AvgIpc) is 3.02. The van der Waals surface area contributed by atoms with Crippen molar-refractivity contribution >= 4 is 0 Å². The molecule has 0 N–H and O–H groups in total. The van der Waals surface area contributed by atoms with E-state index in [0.29, 0.717) is 0 Å². The maximum Gasteiger partial charge on any atom is 0.256 e. The second-order valence-corrected chi connectivity index (χ2v) is 8.09. The molecule has 0 saturated carbocycles. The van der Waals surface area contributed by atoms with Crippen LogP contribution in [0, 0.1) is 0 Å². The predicted molar refractivity (Wildman–Crippen MR) is 115 cm³/mol. The quantitative estimate of drug-likeness (QED) is 0.192. The minimum absolute atomic E-state index is 1.18. The molecular weight excluding hydrogens is 316 g/mol. The summed E-state index contributed by atoms with van der Waals surface area (Å²) in [5, 5.41) is 0. The monoisotopic (exact) mass is 363 g/mol. The first-order chi connectivity index (χ1) is 12.8. The van der Waals surface area contributed by atoms with Crippen molar-refractivity contribution in [3.8, 4) is 0 Å². The van der Waals surface area contributed by atoms with Crippen LogP contribution in [-0.2, 0) is 19.5 Å². The Labute approximate surface area is 164 Å². The van der Waals surface area contributed by atoms with Crippen molar-refractivity contribution in [2.24, 2.45) is 0 Å². The normalized spacial score (nSPS) is 11.3. The van der Waals surface area contributed by atoms with Crippen molar-refractivity contribution in [3.63, 3.8) is 0 Å². The number of unbranched alkanes of at least 4 members (excludes halogenated alkanes) is 12. The minimum atomic E-state index is 1.18. The molecule has 0 radical (unpaired) electrons. The smallest absolute Gasteiger partial charge is 0.234 e. The molecule has 0 aliphatic rings. The molecule has 0 spiro atoms. The Kier molecular flexibility index (Phi) is 14.7. The van der Waals surface area contributed by atoms with Gasteiger partial charge in [-0.05, 0) is 25.7 Å². The van der Waals surface area contributed by atoms with Gasteiger partial charge in [0.2, 0.25) is 0 Å². The third-order valence-corrected chi connectivity index (χ3v) is 5.56. The lowest BCUT2D eigenvalue weighted by atomic mass is 10.1. The van der Waals surface area contributed by atoms with Gasteiger partial charge >= 0.3 is 0 Å². The van der Waals surface area contributed by atoms with E-state index in [2.05, 4.69) is 42.3 Å². The van der Waals surface area contributed by atoms with Gasteiger partial charge in [-0.15, -0.1) is 0 Å². The highest BCUT2D eigenvalue weighted by Crippen LogP contribution is 2.12. The second kappa shape index (κ2) is 16.4. The summed E-state index contributed by atoms with van der Waals surface area (Å²) >= 11 is 0. The molecule has 2 nitrogen and oxygen atoms in total. The van der Waals surface area contributed by atoms with E-state index < -0.39 is 0 Å². The molecule has 0 fully saturated rings. The molecule has 0 aliphatic heterocycles. The largest absolute Gasteiger partial charge is 0.256 e. The van der Waals surface area contributed by atoms with Gasteiger partial charge < -0.3 is 0 Å². The fourth-order valence-electron chi connectivity index (χ4n) is 3.91. The van der Waals surface area contributed by atoms with Crippen molar-refractivity contribution < 1.29 is 4.57 Å². The molecule has 0 aliphatic carbocycles. The molecular formula is C24H47N2+. The van der Waals surface area contributed by atoms with Crippen molar-refractivity contribution in [3.05, 3.63) is 18.2 Å². The van der Waals surface area contributed by atoms with Crippen LogP contribution in [0.3, 0.4) is 0 Å². The molecule has 0 unspecified atom stereocenters. The van der Waals surface area contributed by atoms with E-state index >= 15 is 0 Å². The third kappa shape index (κ3) is 10.4. The molecule has 1 aromatic heterocycles. The summed E-state index contributed by atoms with van der Waals surface area (Å²) < 4.78 is 5.06. The Morgan fingerprint density at radius 3 is 1.77 bits per heavy atom. The van der Waals surface area contributed by atoms with E-state index in [-0.39, 0.29) is 0 Å². The Balaban J connectivity index is 2.27. The molecule has 0 atom stereocenters. The first-order valence-electron chi connectivity index (χ1n) is 11.9. The predicted octanol–water partition coefficient (Wildman–Crippen LogP) is 7.23. The Morgan fingerprint density at radius 2 is 1.19 bits per heavy atom. The van der Waals surface area contributed by atoms with E-state index in [4.69, 9.17) is 0 Å².